The number of carbonyl (C=O) groups excluding carboxylic acids is 1. The molecule has 0 aromatic heterocycles. The predicted molar refractivity (Wildman–Crippen MR) is 192 cm³/mol. The number of halogens is 1. The summed E-state index contributed by atoms with van der Waals surface area (Å²) in [5.74, 6) is -0.399. The van der Waals surface area contributed by atoms with Crippen molar-refractivity contribution in [3.05, 3.63) is 70.7 Å². The van der Waals surface area contributed by atoms with E-state index in [9.17, 15) is 4.79 Å². The van der Waals surface area contributed by atoms with Gasteiger partial charge in [0.05, 0.1) is 112 Å². The molecule has 0 aliphatic carbocycles. The van der Waals surface area contributed by atoms with Crippen LogP contribution in [0.3, 0.4) is 0 Å². The quantitative estimate of drug-likeness (QED) is 0.0901. The van der Waals surface area contributed by atoms with E-state index in [0.29, 0.717) is 99.1 Å². The van der Waals surface area contributed by atoms with Crippen LogP contribution in [0, 0.1) is 0 Å². The molecule has 1 atom stereocenters. The summed E-state index contributed by atoms with van der Waals surface area (Å²) in [6.07, 6.45) is 0. The number of piperazine rings is 1. The van der Waals surface area contributed by atoms with Crippen molar-refractivity contribution in [2.75, 3.05) is 152 Å². The summed E-state index contributed by atoms with van der Waals surface area (Å²) in [7, 11) is 0. The minimum atomic E-state index is -0.399. The second-order valence-electron chi connectivity index (χ2n) is 11.5. The molecule has 1 heterocycles. The Morgan fingerprint density at radius 3 is 1.51 bits per heavy atom. The van der Waals surface area contributed by atoms with Crippen molar-refractivity contribution in [2.45, 2.75) is 6.04 Å². The molecule has 0 amide bonds. The number of ether oxygens (including phenoxy) is 9. The Morgan fingerprint density at radius 1 is 0.569 bits per heavy atom. The molecule has 2 aromatic carbocycles. The zero-order valence-corrected chi connectivity index (χ0v) is 30.6. The third kappa shape index (κ3) is 20.6. The van der Waals surface area contributed by atoms with Crippen LogP contribution in [0.5, 0.6) is 0 Å². The molecule has 13 nitrogen and oxygen atoms in total. The van der Waals surface area contributed by atoms with Crippen LogP contribution in [0.1, 0.15) is 17.2 Å². The number of hydrogen-bond donors (Lipinski definition) is 1. The van der Waals surface area contributed by atoms with Gasteiger partial charge in [-0.1, -0.05) is 54.1 Å². The van der Waals surface area contributed by atoms with Gasteiger partial charge < -0.3 is 47.7 Å². The van der Waals surface area contributed by atoms with Gasteiger partial charge in [0.2, 0.25) is 0 Å². The Bertz CT molecular complexity index is 1110. The number of carbonyl (C=O) groups is 1. The van der Waals surface area contributed by atoms with Crippen molar-refractivity contribution in [3.8, 4) is 0 Å². The van der Waals surface area contributed by atoms with Gasteiger partial charge in [-0.2, -0.15) is 0 Å². The fourth-order valence-electron chi connectivity index (χ4n) is 5.23. The van der Waals surface area contributed by atoms with E-state index in [1.165, 1.54) is 11.1 Å². The maximum absolute atomic E-state index is 12.0. The van der Waals surface area contributed by atoms with Crippen molar-refractivity contribution < 1.29 is 52.5 Å². The number of aliphatic hydroxyl groups is 1. The molecule has 0 radical (unpaired) electrons. The Kier molecular flexibility index (Phi) is 24.7. The topological polar surface area (TPSA) is 127 Å². The van der Waals surface area contributed by atoms with Crippen LogP contribution < -0.4 is 0 Å². The van der Waals surface area contributed by atoms with E-state index in [-0.39, 0.29) is 25.9 Å². The SMILES string of the molecule is O=C(COCCN1CCN(C(c2ccccc2)c2ccc(Cl)cc2)CC1)OCCOCCOCCOCCOCCOCCOCCOCCO. The third-order valence-electron chi connectivity index (χ3n) is 7.80. The summed E-state index contributed by atoms with van der Waals surface area (Å²) >= 11 is 6.16. The molecular formula is C37H57ClN2O11. The van der Waals surface area contributed by atoms with Gasteiger partial charge >= 0.3 is 5.97 Å². The number of hydrogen-bond acceptors (Lipinski definition) is 13. The number of esters is 1. The lowest BCUT2D eigenvalue weighted by Gasteiger charge is -2.39. The molecular weight excluding hydrogens is 684 g/mol. The Morgan fingerprint density at radius 2 is 1.02 bits per heavy atom. The molecule has 1 unspecified atom stereocenters. The van der Waals surface area contributed by atoms with Crippen molar-refractivity contribution in [1.29, 1.82) is 0 Å². The summed E-state index contributed by atoms with van der Waals surface area (Å²) in [5, 5.41) is 9.34. The molecule has 14 heteroatoms. The Hall–Kier alpha value is -2.24. The first-order valence-electron chi connectivity index (χ1n) is 17.8. The normalized spacial score (nSPS) is 14.5. The first-order valence-corrected chi connectivity index (χ1v) is 18.2. The monoisotopic (exact) mass is 740 g/mol. The molecule has 1 fully saturated rings. The molecule has 1 aliphatic heterocycles. The average Bonchev–Trinajstić information content (AvgIpc) is 3.15. The fraction of sp³-hybridized carbons (Fsp3) is 0.649. The summed E-state index contributed by atoms with van der Waals surface area (Å²) < 4.78 is 48.5. The van der Waals surface area contributed by atoms with E-state index in [2.05, 4.69) is 46.2 Å². The highest BCUT2D eigenvalue weighted by molar-refractivity contribution is 6.30. The lowest BCUT2D eigenvalue weighted by molar-refractivity contribution is -0.150. The molecule has 51 heavy (non-hydrogen) atoms. The molecule has 0 spiro atoms. The summed E-state index contributed by atoms with van der Waals surface area (Å²) in [5.41, 5.74) is 2.50. The van der Waals surface area contributed by atoms with E-state index in [1.54, 1.807) is 0 Å². The van der Waals surface area contributed by atoms with Gasteiger partial charge in [0.25, 0.3) is 0 Å². The highest BCUT2D eigenvalue weighted by Gasteiger charge is 2.26. The number of benzene rings is 2. The maximum Gasteiger partial charge on any atom is 0.332 e. The van der Waals surface area contributed by atoms with Gasteiger partial charge in [-0.25, -0.2) is 4.79 Å². The highest BCUT2D eigenvalue weighted by Crippen LogP contribution is 2.30. The van der Waals surface area contributed by atoms with E-state index in [4.69, 9.17) is 59.3 Å². The summed E-state index contributed by atoms with van der Waals surface area (Å²) in [6.45, 7) is 11.3. The van der Waals surface area contributed by atoms with E-state index in [1.807, 2.05) is 18.2 Å². The van der Waals surface area contributed by atoms with Gasteiger partial charge in [-0.3, -0.25) is 9.80 Å². The minimum Gasteiger partial charge on any atom is -0.462 e. The minimum absolute atomic E-state index is 0.0181. The standard InChI is InChI=1S/C37H57ClN2O11/c38-35-8-6-34(7-9-35)37(33-4-2-1-3-5-33)40-12-10-39(11-13-40)14-16-50-32-36(42)51-31-30-49-29-28-48-27-26-47-25-24-46-23-22-45-21-20-44-19-18-43-17-15-41/h1-9,37,41H,10-32H2. The molecule has 1 saturated heterocycles. The maximum atomic E-state index is 12.0. The van der Waals surface area contributed by atoms with Crippen LogP contribution in [0.15, 0.2) is 54.6 Å². The van der Waals surface area contributed by atoms with Crippen LogP contribution in [0.4, 0.5) is 0 Å². The van der Waals surface area contributed by atoms with E-state index >= 15 is 0 Å². The van der Waals surface area contributed by atoms with Crippen LogP contribution in [-0.2, 0) is 47.4 Å². The van der Waals surface area contributed by atoms with Gasteiger partial charge in [-0.15, -0.1) is 0 Å². The zero-order chi connectivity index (χ0) is 36.0. The van der Waals surface area contributed by atoms with Gasteiger partial charge in [-0.05, 0) is 23.3 Å². The lowest BCUT2D eigenvalue weighted by atomic mass is 9.96. The first kappa shape index (κ1) is 43.2. The van der Waals surface area contributed by atoms with Crippen molar-refractivity contribution in [1.82, 2.24) is 9.80 Å². The highest BCUT2D eigenvalue weighted by atomic mass is 35.5. The molecule has 288 valence electrons. The largest absolute Gasteiger partial charge is 0.462 e. The van der Waals surface area contributed by atoms with Crippen LogP contribution in [0.25, 0.3) is 0 Å². The molecule has 1 aliphatic rings. The predicted octanol–water partition coefficient (Wildman–Crippen LogP) is 2.72. The molecule has 1 N–H and O–H groups in total. The summed E-state index contributed by atoms with van der Waals surface area (Å²) in [4.78, 5) is 16.9. The fourth-order valence-corrected chi connectivity index (χ4v) is 5.36. The van der Waals surface area contributed by atoms with Crippen molar-refractivity contribution in [3.63, 3.8) is 0 Å². The molecule has 2 aromatic rings. The van der Waals surface area contributed by atoms with Crippen molar-refractivity contribution in [2.24, 2.45) is 0 Å². The van der Waals surface area contributed by atoms with Gasteiger partial charge in [0.1, 0.15) is 13.2 Å². The van der Waals surface area contributed by atoms with E-state index in [0.717, 1.165) is 37.7 Å². The Labute approximate surface area is 307 Å². The smallest absolute Gasteiger partial charge is 0.332 e. The second-order valence-corrected chi connectivity index (χ2v) is 12.0. The van der Waals surface area contributed by atoms with Gasteiger partial charge in [0, 0.05) is 37.7 Å². The number of rotatable bonds is 31. The first-order chi connectivity index (χ1) is 25.2. The second kappa shape index (κ2) is 29.2. The van der Waals surface area contributed by atoms with Gasteiger partial charge in [0.15, 0.2) is 0 Å². The number of nitrogens with zero attached hydrogens (tertiary/aromatic N) is 2. The Balaban J connectivity index is 1.06. The van der Waals surface area contributed by atoms with E-state index < -0.39 is 5.97 Å². The average molecular weight is 741 g/mol. The molecule has 0 bridgehead atoms. The van der Waals surface area contributed by atoms with Crippen molar-refractivity contribution >= 4 is 17.6 Å². The molecule has 3 rings (SSSR count). The zero-order valence-electron chi connectivity index (χ0n) is 29.8. The van der Waals surface area contributed by atoms with Crippen LogP contribution >= 0.6 is 11.6 Å². The lowest BCUT2D eigenvalue weighted by Crippen LogP contribution is -2.48. The third-order valence-corrected chi connectivity index (χ3v) is 8.06. The summed E-state index contributed by atoms with van der Waals surface area (Å²) in [6, 6.07) is 18.9. The van der Waals surface area contributed by atoms with Crippen LogP contribution in [-0.4, -0.2) is 173 Å². The molecule has 0 saturated carbocycles. The number of aliphatic hydroxyl groups excluding tert-OH is 1. The van der Waals surface area contributed by atoms with Crippen LogP contribution in [0.2, 0.25) is 5.02 Å².